The maximum atomic E-state index is 13.7. The largest absolute Gasteiger partial charge is 0.355 e. The van der Waals surface area contributed by atoms with Gasteiger partial charge in [-0.1, -0.05) is 6.07 Å². The summed E-state index contributed by atoms with van der Waals surface area (Å²) in [4.78, 5) is 5.63. The number of nitrogens with one attached hydrogen (secondary N) is 1. The first-order valence-corrected chi connectivity index (χ1v) is 8.57. The predicted octanol–water partition coefficient (Wildman–Crippen LogP) is 1.92. The van der Waals surface area contributed by atoms with Crippen molar-refractivity contribution in [3.05, 3.63) is 54.2 Å². The zero-order valence-corrected chi connectivity index (χ0v) is 12.9. The van der Waals surface area contributed by atoms with Crippen LogP contribution in [0, 0.1) is 11.6 Å². The molecule has 122 valence electrons. The second-order valence-corrected chi connectivity index (χ2v) is 7.00. The van der Waals surface area contributed by atoms with Gasteiger partial charge in [0.2, 0.25) is 10.0 Å². The highest BCUT2D eigenvalue weighted by Crippen LogP contribution is 2.20. The van der Waals surface area contributed by atoms with Gasteiger partial charge in [-0.25, -0.2) is 26.9 Å². The van der Waals surface area contributed by atoms with Crippen LogP contribution in [-0.2, 0) is 10.0 Å². The third kappa shape index (κ3) is 3.48. The van der Waals surface area contributed by atoms with Crippen molar-refractivity contribution in [2.75, 3.05) is 18.0 Å². The summed E-state index contributed by atoms with van der Waals surface area (Å²) in [5.74, 6) is -1.15. The molecule has 1 aromatic carbocycles. The van der Waals surface area contributed by atoms with Crippen molar-refractivity contribution >= 4 is 15.8 Å². The van der Waals surface area contributed by atoms with Crippen LogP contribution in [0.1, 0.15) is 6.42 Å². The SMILES string of the molecule is O=S(=O)(NC1CCN(c2ccccn2)C1)c1ccc(F)cc1F. The average Bonchev–Trinajstić information content (AvgIpc) is 2.95. The third-order valence-electron chi connectivity index (χ3n) is 3.67. The molecule has 1 aromatic heterocycles. The van der Waals surface area contributed by atoms with Crippen molar-refractivity contribution in [1.29, 1.82) is 0 Å². The number of benzene rings is 1. The summed E-state index contributed by atoms with van der Waals surface area (Å²) in [5.41, 5.74) is 0. The number of nitrogens with zero attached hydrogens (tertiary/aromatic N) is 2. The maximum absolute atomic E-state index is 13.7. The summed E-state index contributed by atoms with van der Waals surface area (Å²) in [6.07, 6.45) is 2.25. The van der Waals surface area contributed by atoms with Gasteiger partial charge in [0.15, 0.2) is 0 Å². The summed E-state index contributed by atoms with van der Waals surface area (Å²) >= 11 is 0. The molecule has 1 fully saturated rings. The van der Waals surface area contributed by atoms with Gasteiger partial charge in [-0.05, 0) is 30.7 Å². The predicted molar refractivity (Wildman–Crippen MR) is 81.5 cm³/mol. The summed E-state index contributed by atoms with van der Waals surface area (Å²) < 4.78 is 53.6. The average molecular weight is 339 g/mol. The van der Waals surface area contributed by atoms with E-state index in [1.807, 2.05) is 17.0 Å². The number of sulfonamides is 1. The van der Waals surface area contributed by atoms with Gasteiger partial charge >= 0.3 is 0 Å². The third-order valence-corrected chi connectivity index (χ3v) is 5.22. The van der Waals surface area contributed by atoms with Crippen molar-refractivity contribution < 1.29 is 17.2 Å². The highest BCUT2D eigenvalue weighted by molar-refractivity contribution is 7.89. The molecule has 1 atom stereocenters. The minimum Gasteiger partial charge on any atom is -0.355 e. The van der Waals surface area contributed by atoms with E-state index < -0.39 is 26.6 Å². The molecule has 5 nitrogen and oxygen atoms in total. The number of aromatic nitrogens is 1. The molecule has 1 saturated heterocycles. The Morgan fingerprint density at radius 3 is 2.74 bits per heavy atom. The van der Waals surface area contributed by atoms with Gasteiger partial charge in [0.25, 0.3) is 0 Å². The molecule has 1 unspecified atom stereocenters. The van der Waals surface area contributed by atoms with Crippen molar-refractivity contribution in [2.24, 2.45) is 0 Å². The summed E-state index contributed by atoms with van der Waals surface area (Å²) in [5, 5.41) is 0. The fraction of sp³-hybridized carbons (Fsp3) is 0.267. The topological polar surface area (TPSA) is 62.3 Å². The highest BCUT2D eigenvalue weighted by Gasteiger charge is 2.29. The van der Waals surface area contributed by atoms with E-state index in [4.69, 9.17) is 0 Å². The monoisotopic (exact) mass is 339 g/mol. The lowest BCUT2D eigenvalue weighted by Crippen LogP contribution is -2.37. The Balaban J connectivity index is 1.72. The van der Waals surface area contributed by atoms with Crippen LogP contribution in [0.5, 0.6) is 0 Å². The van der Waals surface area contributed by atoms with Crippen LogP contribution in [0.25, 0.3) is 0 Å². The van der Waals surface area contributed by atoms with E-state index in [0.717, 1.165) is 18.0 Å². The van der Waals surface area contributed by atoms with Gasteiger partial charge in [-0.15, -0.1) is 0 Å². The van der Waals surface area contributed by atoms with E-state index in [0.29, 0.717) is 25.6 Å². The van der Waals surface area contributed by atoms with E-state index >= 15 is 0 Å². The lowest BCUT2D eigenvalue weighted by molar-refractivity contribution is 0.534. The summed E-state index contributed by atoms with van der Waals surface area (Å²) in [6.45, 7) is 1.09. The fourth-order valence-corrected chi connectivity index (χ4v) is 3.90. The second kappa shape index (κ2) is 6.21. The molecule has 0 saturated carbocycles. The number of rotatable bonds is 4. The summed E-state index contributed by atoms with van der Waals surface area (Å²) in [6, 6.07) is 7.56. The molecule has 0 spiro atoms. The van der Waals surface area contributed by atoms with E-state index in [1.165, 1.54) is 0 Å². The first-order chi connectivity index (χ1) is 11.0. The first kappa shape index (κ1) is 15.8. The molecule has 1 aliphatic heterocycles. The van der Waals surface area contributed by atoms with E-state index in [1.54, 1.807) is 12.3 Å². The molecule has 0 aliphatic carbocycles. The second-order valence-electron chi connectivity index (χ2n) is 5.32. The summed E-state index contributed by atoms with van der Waals surface area (Å²) in [7, 11) is -4.04. The van der Waals surface area contributed by atoms with Crippen LogP contribution in [0.15, 0.2) is 47.5 Å². The van der Waals surface area contributed by atoms with Crippen molar-refractivity contribution in [2.45, 2.75) is 17.4 Å². The zero-order valence-electron chi connectivity index (χ0n) is 12.1. The van der Waals surface area contributed by atoms with Crippen LogP contribution in [0.2, 0.25) is 0 Å². The molecule has 1 N–H and O–H groups in total. The molecule has 0 bridgehead atoms. The van der Waals surface area contributed by atoms with Gasteiger partial charge < -0.3 is 4.90 Å². The Bertz CT molecular complexity index is 800. The van der Waals surface area contributed by atoms with Crippen LogP contribution in [0.3, 0.4) is 0 Å². The molecule has 23 heavy (non-hydrogen) atoms. The molecule has 2 aromatic rings. The van der Waals surface area contributed by atoms with Crippen molar-refractivity contribution in [3.63, 3.8) is 0 Å². The molecular weight excluding hydrogens is 324 g/mol. The standard InChI is InChI=1S/C15H15F2N3O2S/c16-11-4-5-14(13(17)9-11)23(21,22)19-12-6-8-20(10-12)15-3-1-2-7-18-15/h1-5,7,9,12,19H,6,8,10H2. The number of halogens is 2. The molecular formula is C15H15F2N3O2S. The van der Waals surface area contributed by atoms with Crippen LogP contribution in [0.4, 0.5) is 14.6 Å². The quantitative estimate of drug-likeness (QED) is 0.924. The molecule has 3 rings (SSSR count). The van der Waals surface area contributed by atoms with Gasteiger partial charge in [0.05, 0.1) is 0 Å². The minimum absolute atomic E-state index is 0.355. The maximum Gasteiger partial charge on any atom is 0.243 e. The van der Waals surface area contributed by atoms with Crippen molar-refractivity contribution in [1.82, 2.24) is 9.71 Å². The number of anilines is 1. The number of pyridine rings is 1. The normalized spacial score (nSPS) is 18.3. The lowest BCUT2D eigenvalue weighted by atomic mass is 10.3. The van der Waals surface area contributed by atoms with E-state index in [9.17, 15) is 17.2 Å². The van der Waals surface area contributed by atoms with Gasteiger partial charge in [-0.2, -0.15) is 0 Å². The molecule has 2 heterocycles. The fourth-order valence-electron chi connectivity index (χ4n) is 2.58. The Morgan fingerprint density at radius 1 is 1.22 bits per heavy atom. The van der Waals surface area contributed by atoms with E-state index in [-0.39, 0.29) is 6.04 Å². The van der Waals surface area contributed by atoms with E-state index in [2.05, 4.69) is 9.71 Å². The Hall–Kier alpha value is -2.06. The van der Waals surface area contributed by atoms with Gasteiger partial charge in [0, 0.05) is 31.4 Å². The number of hydrogen-bond acceptors (Lipinski definition) is 4. The van der Waals surface area contributed by atoms with Crippen LogP contribution < -0.4 is 9.62 Å². The Labute approximate surface area is 133 Å². The Morgan fingerprint density at radius 2 is 2.04 bits per heavy atom. The van der Waals surface area contributed by atoms with Gasteiger partial charge in [-0.3, -0.25) is 0 Å². The van der Waals surface area contributed by atoms with Crippen molar-refractivity contribution in [3.8, 4) is 0 Å². The minimum atomic E-state index is -4.04. The van der Waals surface area contributed by atoms with Gasteiger partial charge in [0.1, 0.15) is 22.3 Å². The smallest absolute Gasteiger partial charge is 0.243 e. The Kier molecular flexibility index (Phi) is 4.27. The molecule has 1 aliphatic rings. The lowest BCUT2D eigenvalue weighted by Gasteiger charge is -2.18. The van der Waals surface area contributed by atoms with Crippen LogP contribution >= 0.6 is 0 Å². The molecule has 8 heteroatoms. The number of hydrogen-bond donors (Lipinski definition) is 1. The molecule has 0 radical (unpaired) electrons. The zero-order chi connectivity index (χ0) is 16.4. The van der Waals surface area contributed by atoms with Crippen LogP contribution in [-0.4, -0.2) is 32.5 Å². The highest BCUT2D eigenvalue weighted by atomic mass is 32.2. The molecule has 0 amide bonds. The first-order valence-electron chi connectivity index (χ1n) is 7.09.